The number of nitrogens with zero attached hydrogens (tertiary/aromatic N) is 2. The van der Waals surface area contributed by atoms with E-state index in [0.29, 0.717) is 18.9 Å². The molecule has 0 aromatic heterocycles. The predicted molar refractivity (Wildman–Crippen MR) is 95.9 cm³/mol. The largest absolute Gasteiger partial charge is 0.444 e. The number of nitrogens with one attached hydrogen (secondary N) is 1. The maximum absolute atomic E-state index is 12.4. The zero-order valence-corrected chi connectivity index (χ0v) is 16.4. The molecule has 1 saturated heterocycles. The van der Waals surface area contributed by atoms with Crippen molar-refractivity contribution in [2.75, 3.05) is 32.7 Å². The SMILES string of the molecule is CC(C)CNC(=O)CCN1CCN(C(=O)OC(C)(C)C)C(C)(C)C1. The van der Waals surface area contributed by atoms with E-state index in [4.69, 9.17) is 4.74 Å². The van der Waals surface area contributed by atoms with Gasteiger partial charge in [0.1, 0.15) is 5.60 Å². The Hall–Kier alpha value is -1.30. The number of carbonyl (C=O) groups is 2. The lowest BCUT2D eigenvalue weighted by Gasteiger charge is -2.47. The van der Waals surface area contributed by atoms with Gasteiger partial charge in [-0.3, -0.25) is 9.69 Å². The van der Waals surface area contributed by atoms with Gasteiger partial charge in [0.2, 0.25) is 5.91 Å². The fourth-order valence-corrected chi connectivity index (χ4v) is 2.77. The van der Waals surface area contributed by atoms with E-state index in [2.05, 4.69) is 24.1 Å². The Morgan fingerprint density at radius 2 is 1.83 bits per heavy atom. The summed E-state index contributed by atoms with van der Waals surface area (Å²) in [4.78, 5) is 28.3. The van der Waals surface area contributed by atoms with Crippen LogP contribution in [0.3, 0.4) is 0 Å². The highest BCUT2D eigenvalue weighted by Crippen LogP contribution is 2.23. The Balaban J connectivity index is 2.48. The molecule has 1 aliphatic heterocycles. The normalized spacial score (nSPS) is 18.6. The lowest BCUT2D eigenvalue weighted by atomic mass is 9.99. The van der Waals surface area contributed by atoms with Crippen LogP contribution in [0, 0.1) is 5.92 Å². The third-order valence-electron chi connectivity index (χ3n) is 3.96. The molecule has 140 valence electrons. The summed E-state index contributed by atoms with van der Waals surface area (Å²) in [5, 5.41) is 2.95. The first kappa shape index (κ1) is 20.7. The summed E-state index contributed by atoms with van der Waals surface area (Å²) in [6, 6.07) is 0. The predicted octanol–water partition coefficient (Wildman–Crippen LogP) is 2.48. The van der Waals surface area contributed by atoms with E-state index >= 15 is 0 Å². The van der Waals surface area contributed by atoms with Crippen molar-refractivity contribution in [3.05, 3.63) is 0 Å². The molecule has 1 heterocycles. The Morgan fingerprint density at radius 3 is 2.33 bits per heavy atom. The minimum absolute atomic E-state index is 0.0936. The number of carbonyl (C=O) groups excluding carboxylic acids is 2. The first-order valence-corrected chi connectivity index (χ1v) is 8.90. The zero-order valence-electron chi connectivity index (χ0n) is 16.4. The Labute approximate surface area is 146 Å². The van der Waals surface area contributed by atoms with Gasteiger partial charge in [-0.05, 0) is 40.5 Å². The topological polar surface area (TPSA) is 61.9 Å². The molecule has 0 spiro atoms. The molecular weight excluding hydrogens is 306 g/mol. The van der Waals surface area contributed by atoms with E-state index in [1.165, 1.54) is 0 Å². The number of rotatable bonds is 5. The summed E-state index contributed by atoms with van der Waals surface area (Å²) >= 11 is 0. The number of hydrogen-bond donors (Lipinski definition) is 1. The summed E-state index contributed by atoms with van der Waals surface area (Å²) in [6.07, 6.45) is 0.233. The molecule has 0 aromatic rings. The number of ether oxygens (including phenoxy) is 1. The molecule has 0 aromatic carbocycles. The molecule has 1 aliphatic rings. The molecule has 0 bridgehead atoms. The lowest BCUT2D eigenvalue weighted by Crippen LogP contribution is -2.61. The van der Waals surface area contributed by atoms with Gasteiger partial charge in [-0.1, -0.05) is 13.8 Å². The third-order valence-corrected chi connectivity index (χ3v) is 3.96. The van der Waals surface area contributed by atoms with Gasteiger partial charge in [0.05, 0.1) is 5.54 Å². The van der Waals surface area contributed by atoms with Crippen molar-refractivity contribution in [3.8, 4) is 0 Å². The van der Waals surface area contributed by atoms with Gasteiger partial charge in [-0.25, -0.2) is 4.79 Å². The molecule has 1 rings (SSSR count). The smallest absolute Gasteiger partial charge is 0.410 e. The van der Waals surface area contributed by atoms with E-state index in [1.807, 2.05) is 34.6 Å². The minimum Gasteiger partial charge on any atom is -0.444 e. The maximum Gasteiger partial charge on any atom is 0.410 e. The van der Waals surface area contributed by atoms with Crippen LogP contribution in [-0.4, -0.2) is 65.7 Å². The molecular formula is C18H35N3O3. The van der Waals surface area contributed by atoms with Gasteiger partial charge in [-0.2, -0.15) is 0 Å². The summed E-state index contributed by atoms with van der Waals surface area (Å²) in [5.74, 6) is 0.557. The number of hydrogen-bond acceptors (Lipinski definition) is 4. The molecule has 0 aliphatic carbocycles. The van der Waals surface area contributed by atoms with Crippen molar-refractivity contribution in [3.63, 3.8) is 0 Å². The molecule has 0 unspecified atom stereocenters. The fourth-order valence-electron chi connectivity index (χ4n) is 2.77. The van der Waals surface area contributed by atoms with Crippen molar-refractivity contribution >= 4 is 12.0 Å². The average Bonchev–Trinajstić information content (AvgIpc) is 2.39. The molecule has 0 atom stereocenters. The second-order valence-electron chi connectivity index (χ2n) is 8.67. The Bertz CT molecular complexity index is 441. The van der Waals surface area contributed by atoms with E-state index in [9.17, 15) is 9.59 Å². The quantitative estimate of drug-likeness (QED) is 0.834. The zero-order chi connectivity index (χ0) is 18.5. The summed E-state index contributed by atoms with van der Waals surface area (Å²) in [6.45, 7) is 17.4. The molecule has 6 nitrogen and oxygen atoms in total. The molecule has 24 heavy (non-hydrogen) atoms. The highest BCUT2D eigenvalue weighted by Gasteiger charge is 2.38. The first-order valence-electron chi connectivity index (χ1n) is 8.90. The van der Waals surface area contributed by atoms with Crippen molar-refractivity contribution in [1.29, 1.82) is 0 Å². The van der Waals surface area contributed by atoms with Crippen molar-refractivity contribution < 1.29 is 14.3 Å². The monoisotopic (exact) mass is 341 g/mol. The van der Waals surface area contributed by atoms with Gasteiger partial charge >= 0.3 is 6.09 Å². The van der Waals surface area contributed by atoms with E-state index in [-0.39, 0.29) is 17.5 Å². The highest BCUT2D eigenvalue weighted by atomic mass is 16.6. The van der Waals surface area contributed by atoms with Gasteiger partial charge in [0.25, 0.3) is 0 Å². The minimum atomic E-state index is -0.487. The lowest BCUT2D eigenvalue weighted by molar-refractivity contribution is -0.121. The third kappa shape index (κ3) is 7.07. The number of piperazine rings is 1. The van der Waals surface area contributed by atoms with Crippen LogP contribution in [0.2, 0.25) is 0 Å². The van der Waals surface area contributed by atoms with Crippen molar-refractivity contribution in [2.45, 2.75) is 66.0 Å². The van der Waals surface area contributed by atoms with Gasteiger partial charge in [0.15, 0.2) is 0 Å². The number of amides is 2. The molecule has 0 saturated carbocycles. The molecule has 6 heteroatoms. The van der Waals surface area contributed by atoms with Crippen molar-refractivity contribution in [2.24, 2.45) is 5.92 Å². The van der Waals surface area contributed by atoms with E-state index in [1.54, 1.807) is 4.90 Å². The van der Waals surface area contributed by atoms with Crippen LogP contribution in [0.4, 0.5) is 4.79 Å². The van der Waals surface area contributed by atoms with Crippen LogP contribution in [-0.2, 0) is 9.53 Å². The fraction of sp³-hybridized carbons (Fsp3) is 0.889. The van der Waals surface area contributed by atoms with Gasteiger partial charge in [-0.15, -0.1) is 0 Å². The maximum atomic E-state index is 12.4. The van der Waals surface area contributed by atoms with Crippen LogP contribution in [0.25, 0.3) is 0 Å². The standard InChI is InChI=1S/C18H35N3O3/c1-14(2)12-19-15(22)8-9-20-10-11-21(18(6,7)13-20)16(23)24-17(3,4)5/h14H,8-13H2,1-7H3,(H,19,22). The second-order valence-corrected chi connectivity index (χ2v) is 8.67. The molecule has 2 amide bonds. The second kappa shape index (κ2) is 8.19. The van der Waals surface area contributed by atoms with Crippen LogP contribution in [0.15, 0.2) is 0 Å². The summed E-state index contributed by atoms with van der Waals surface area (Å²) < 4.78 is 5.50. The van der Waals surface area contributed by atoms with Gasteiger partial charge < -0.3 is 15.0 Å². The Kier molecular flexibility index (Phi) is 7.08. The summed E-state index contributed by atoms with van der Waals surface area (Å²) in [5.41, 5.74) is -0.798. The first-order chi connectivity index (χ1) is 10.9. The van der Waals surface area contributed by atoms with Crippen LogP contribution in [0.1, 0.15) is 54.9 Å². The van der Waals surface area contributed by atoms with Gasteiger partial charge in [0, 0.05) is 39.1 Å². The van der Waals surface area contributed by atoms with E-state index in [0.717, 1.165) is 26.2 Å². The summed E-state index contributed by atoms with van der Waals surface area (Å²) in [7, 11) is 0. The van der Waals surface area contributed by atoms with Crippen LogP contribution < -0.4 is 5.32 Å². The van der Waals surface area contributed by atoms with Crippen LogP contribution >= 0.6 is 0 Å². The average molecular weight is 341 g/mol. The molecule has 1 N–H and O–H groups in total. The Morgan fingerprint density at radius 1 is 1.21 bits per heavy atom. The van der Waals surface area contributed by atoms with Crippen molar-refractivity contribution in [1.82, 2.24) is 15.1 Å². The van der Waals surface area contributed by atoms with Crippen LogP contribution in [0.5, 0.6) is 0 Å². The van der Waals surface area contributed by atoms with E-state index < -0.39 is 5.60 Å². The molecule has 1 fully saturated rings. The highest BCUT2D eigenvalue weighted by molar-refractivity contribution is 5.76. The molecule has 0 radical (unpaired) electrons.